The van der Waals surface area contributed by atoms with Crippen LogP contribution < -0.4 is 20.2 Å². The lowest BCUT2D eigenvalue weighted by molar-refractivity contribution is 0.0764. The van der Waals surface area contributed by atoms with Gasteiger partial charge in [0.1, 0.15) is 24.7 Å². The highest BCUT2D eigenvalue weighted by atomic mass is 32.1. The second-order valence-corrected chi connectivity index (χ2v) is 6.05. The first-order chi connectivity index (χ1) is 13.2. The number of benzene rings is 2. The molecule has 0 heterocycles. The minimum absolute atomic E-state index is 0.468. The van der Waals surface area contributed by atoms with Gasteiger partial charge < -0.3 is 19.5 Å². The second-order valence-electron chi connectivity index (χ2n) is 5.64. The van der Waals surface area contributed by atoms with Crippen molar-refractivity contribution in [3.05, 3.63) is 59.7 Å². The molecular formula is C20H25N3O3S. The fourth-order valence-corrected chi connectivity index (χ4v) is 2.10. The van der Waals surface area contributed by atoms with Gasteiger partial charge in [-0.2, -0.15) is 5.10 Å². The van der Waals surface area contributed by atoms with Crippen LogP contribution >= 0.6 is 12.2 Å². The van der Waals surface area contributed by atoms with E-state index in [9.17, 15) is 0 Å². The summed E-state index contributed by atoms with van der Waals surface area (Å²) in [4.78, 5) is 0. The average Bonchev–Trinajstić information content (AvgIpc) is 2.69. The molecule has 0 aromatic heterocycles. The fraction of sp³-hybridized carbons (Fsp3) is 0.300. The van der Waals surface area contributed by atoms with Crippen LogP contribution in [0.25, 0.3) is 0 Å². The maximum absolute atomic E-state index is 5.64. The first-order valence-corrected chi connectivity index (χ1v) is 9.09. The van der Waals surface area contributed by atoms with E-state index in [1.807, 2.05) is 55.5 Å². The number of ether oxygens (including phenoxy) is 3. The van der Waals surface area contributed by atoms with Crippen LogP contribution in [0.1, 0.15) is 11.1 Å². The predicted molar refractivity (Wildman–Crippen MR) is 112 cm³/mol. The Labute approximate surface area is 165 Å². The van der Waals surface area contributed by atoms with Crippen LogP contribution in [0.3, 0.4) is 0 Å². The number of aryl methyl sites for hydroxylation is 1. The molecule has 2 rings (SSSR count). The third-order valence-corrected chi connectivity index (χ3v) is 3.80. The zero-order valence-electron chi connectivity index (χ0n) is 15.6. The van der Waals surface area contributed by atoms with Gasteiger partial charge in [0.05, 0.1) is 19.4 Å². The lowest BCUT2D eigenvalue weighted by Gasteiger charge is -2.09. The Morgan fingerprint density at radius 2 is 1.48 bits per heavy atom. The standard InChI is InChI=1S/C20H25N3O3S/c1-16-3-7-18(8-4-16)25-13-11-24-12-14-26-19-9-5-17(6-10-19)15-22-23-20(27)21-2/h3-10,15H,11-14H2,1-2H3,(H2,21,23,27)/b22-15-. The van der Waals surface area contributed by atoms with Gasteiger partial charge in [-0.05, 0) is 61.1 Å². The lowest BCUT2D eigenvalue weighted by Crippen LogP contribution is -2.28. The molecule has 0 radical (unpaired) electrons. The number of hydrogen-bond acceptors (Lipinski definition) is 5. The molecule has 0 aliphatic heterocycles. The lowest BCUT2D eigenvalue weighted by atomic mass is 10.2. The first kappa shape index (κ1) is 20.7. The van der Waals surface area contributed by atoms with Crippen molar-refractivity contribution in [2.24, 2.45) is 5.10 Å². The van der Waals surface area contributed by atoms with Gasteiger partial charge in [0.25, 0.3) is 0 Å². The summed E-state index contributed by atoms with van der Waals surface area (Å²) in [5, 5.41) is 7.27. The molecule has 0 spiro atoms. The van der Waals surface area contributed by atoms with Crippen LogP contribution in [0.15, 0.2) is 53.6 Å². The molecule has 6 nitrogen and oxygen atoms in total. The number of hydrogen-bond donors (Lipinski definition) is 2. The van der Waals surface area contributed by atoms with E-state index in [4.69, 9.17) is 26.4 Å². The highest BCUT2D eigenvalue weighted by Gasteiger charge is 1.96. The molecule has 0 unspecified atom stereocenters. The number of nitrogens with one attached hydrogen (secondary N) is 2. The summed E-state index contributed by atoms with van der Waals surface area (Å²) < 4.78 is 16.8. The van der Waals surface area contributed by atoms with E-state index >= 15 is 0 Å². The Bertz CT molecular complexity index is 718. The van der Waals surface area contributed by atoms with Gasteiger partial charge in [-0.15, -0.1) is 0 Å². The molecule has 0 fully saturated rings. The van der Waals surface area contributed by atoms with E-state index in [1.165, 1.54) is 5.56 Å². The summed E-state index contributed by atoms with van der Waals surface area (Å²) in [7, 11) is 1.73. The Hall–Kier alpha value is -2.64. The number of nitrogens with zero attached hydrogens (tertiary/aromatic N) is 1. The van der Waals surface area contributed by atoms with Gasteiger partial charge in [0.15, 0.2) is 5.11 Å². The molecular weight excluding hydrogens is 362 g/mol. The number of hydrazone groups is 1. The maximum atomic E-state index is 5.64. The topological polar surface area (TPSA) is 64.1 Å². The van der Waals surface area contributed by atoms with Gasteiger partial charge in [0, 0.05) is 7.05 Å². The van der Waals surface area contributed by atoms with E-state index in [0.717, 1.165) is 17.1 Å². The van der Waals surface area contributed by atoms with Crippen molar-refractivity contribution in [1.82, 2.24) is 10.7 Å². The SMILES string of the molecule is CNC(=S)N/N=C\c1ccc(OCCOCCOc2ccc(C)cc2)cc1. The summed E-state index contributed by atoms with van der Waals surface area (Å²) in [5.74, 6) is 1.64. The Morgan fingerprint density at radius 3 is 2.04 bits per heavy atom. The zero-order chi connectivity index (χ0) is 19.3. The molecule has 0 aliphatic rings. The van der Waals surface area contributed by atoms with Gasteiger partial charge >= 0.3 is 0 Å². The van der Waals surface area contributed by atoms with Crippen LogP contribution in [0, 0.1) is 6.92 Å². The van der Waals surface area contributed by atoms with Gasteiger partial charge in [-0.1, -0.05) is 17.7 Å². The average molecular weight is 388 g/mol. The largest absolute Gasteiger partial charge is 0.491 e. The van der Waals surface area contributed by atoms with Crippen molar-refractivity contribution in [2.75, 3.05) is 33.5 Å². The summed E-state index contributed by atoms with van der Waals surface area (Å²) in [6.45, 7) is 4.07. The van der Waals surface area contributed by atoms with Crippen LogP contribution in [-0.2, 0) is 4.74 Å². The third kappa shape index (κ3) is 8.52. The Morgan fingerprint density at radius 1 is 0.926 bits per heavy atom. The normalized spacial score (nSPS) is 10.6. The highest BCUT2D eigenvalue weighted by molar-refractivity contribution is 7.80. The maximum Gasteiger partial charge on any atom is 0.186 e. The molecule has 2 N–H and O–H groups in total. The van der Waals surface area contributed by atoms with E-state index in [1.54, 1.807) is 13.3 Å². The van der Waals surface area contributed by atoms with Crippen LogP contribution in [-0.4, -0.2) is 44.8 Å². The zero-order valence-corrected chi connectivity index (χ0v) is 16.4. The molecule has 0 bridgehead atoms. The van der Waals surface area contributed by atoms with Gasteiger partial charge in [-0.3, -0.25) is 5.43 Å². The second kappa shape index (κ2) is 11.9. The molecule has 0 atom stereocenters. The van der Waals surface area contributed by atoms with Crippen molar-refractivity contribution in [2.45, 2.75) is 6.92 Å². The Balaban J connectivity index is 1.56. The quantitative estimate of drug-likeness (QED) is 0.283. The molecule has 7 heteroatoms. The fourth-order valence-electron chi connectivity index (χ4n) is 2.04. The van der Waals surface area contributed by atoms with Crippen molar-refractivity contribution in [3.8, 4) is 11.5 Å². The van der Waals surface area contributed by atoms with Crippen LogP contribution in [0.2, 0.25) is 0 Å². The molecule has 0 aliphatic carbocycles. The molecule has 0 saturated carbocycles. The van der Waals surface area contributed by atoms with Gasteiger partial charge in [-0.25, -0.2) is 0 Å². The highest BCUT2D eigenvalue weighted by Crippen LogP contribution is 2.12. The van der Waals surface area contributed by atoms with E-state index < -0.39 is 0 Å². The number of thiocarbonyl (C=S) groups is 1. The smallest absolute Gasteiger partial charge is 0.186 e. The van der Waals surface area contributed by atoms with Gasteiger partial charge in [0.2, 0.25) is 0 Å². The van der Waals surface area contributed by atoms with Crippen molar-refractivity contribution < 1.29 is 14.2 Å². The summed E-state index contributed by atoms with van der Waals surface area (Å²) >= 11 is 4.93. The van der Waals surface area contributed by atoms with Crippen LogP contribution in [0.4, 0.5) is 0 Å². The third-order valence-electron chi connectivity index (χ3n) is 3.50. The monoisotopic (exact) mass is 387 g/mol. The van der Waals surface area contributed by atoms with Crippen molar-refractivity contribution in [1.29, 1.82) is 0 Å². The Kier molecular flexibility index (Phi) is 9.09. The summed E-state index contributed by atoms with van der Waals surface area (Å²) in [5.41, 5.74) is 4.85. The van der Waals surface area contributed by atoms with Crippen molar-refractivity contribution in [3.63, 3.8) is 0 Å². The number of rotatable bonds is 10. The summed E-state index contributed by atoms with van der Waals surface area (Å²) in [6.07, 6.45) is 1.69. The minimum atomic E-state index is 0.468. The molecule has 27 heavy (non-hydrogen) atoms. The van der Waals surface area contributed by atoms with E-state index in [-0.39, 0.29) is 0 Å². The first-order valence-electron chi connectivity index (χ1n) is 8.68. The predicted octanol–water partition coefficient (Wildman–Crippen LogP) is 2.90. The van der Waals surface area contributed by atoms with E-state index in [2.05, 4.69) is 15.8 Å². The minimum Gasteiger partial charge on any atom is -0.491 e. The van der Waals surface area contributed by atoms with E-state index in [0.29, 0.717) is 31.5 Å². The molecule has 2 aromatic rings. The molecule has 0 saturated heterocycles. The molecule has 144 valence electrons. The summed E-state index contributed by atoms with van der Waals surface area (Å²) in [6, 6.07) is 15.6. The van der Waals surface area contributed by atoms with Crippen molar-refractivity contribution >= 4 is 23.5 Å². The van der Waals surface area contributed by atoms with Crippen LogP contribution in [0.5, 0.6) is 11.5 Å². The molecule has 0 amide bonds. The molecule has 2 aromatic carbocycles.